The van der Waals surface area contributed by atoms with Gasteiger partial charge in [-0.1, -0.05) is 167 Å². The van der Waals surface area contributed by atoms with Gasteiger partial charge in [0.15, 0.2) is 0 Å². The second-order valence-corrected chi connectivity index (χ2v) is 17.5. The van der Waals surface area contributed by atoms with E-state index in [1.165, 1.54) is 128 Å². The monoisotopic (exact) mass is 773 g/mol. The topological polar surface area (TPSA) is 91.3 Å². The second-order valence-electron chi connectivity index (χ2n) is 16.1. The molecule has 314 valence electrons. The van der Waals surface area contributed by atoms with Crippen LogP contribution in [0.1, 0.15) is 194 Å². The molecule has 0 aromatic heterocycles. The molecular weight excluding hydrogens is 685 g/mol. The molecule has 0 bridgehead atoms. The zero-order valence-electron chi connectivity index (χ0n) is 35.5. The summed E-state index contributed by atoms with van der Waals surface area (Å²) < 4.78 is 35.0. The predicted molar refractivity (Wildman–Crippen MR) is 224 cm³/mol. The van der Waals surface area contributed by atoms with Crippen LogP contribution in [0.3, 0.4) is 0 Å². The summed E-state index contributed by atoms with van der Waals surface area (Å²) in [7, 11) is 1.67. The summed E-state index contributed by atoms with van der Waals surface area (Å²) in [5.41, 5.74) is 0. The van der Waals surface area contributed by atoms with Crippen molar-refractivity contribution in [2.45, 2.75) is 200 Å². The number of ether oxygens (including phenoxy) is 2. The predicted octanol–water partition coefficient (Wildman–Crippen LogP) is 12.8. The van der Waals surface area contributed by atoms with E-state index in [4.69, 9.17) is 18.5 Å². The molecule has 0 aliphatic heterocycles. The van der Waals surface area contributed by atoms with E-state index in [2.05, 4.69) is 38.2 Å². The minimum absolute atomic E-state index is 0.0888. The van der Waals surface area contributed by atoms with Gasteiger partial charge in [-0.25, -0.2) is 4.57 Å². The van der Waals surface area contributed by atoms with Gasteiger partial charge in [0.2, 0.25) is 0 Å². The molecule has 0 aromatic carbocycles. The molecule has 0 aromatic rings. The van der Waals surface area contributed by atoms with Crippen molar-refractivity contribution in [3.63, 3.8) is 0 Å². The molecule has 0 saturated heterocycles. The number of likely N-dealkylation sites (N-methyl/N-ethyl adjacent to an activating group) is 1. The number of rotatable bonds is 41. The molecule has 0 saturated carbocycles. The molecule has 0 radical (unpaired) electrons. The molecule has 2 unspecified atom stereocenters. The number of phosphoric acid groups is 1. The Hall–Kier alpha value is -1.02. The van der Waals surface area contributed by atoms with Crippen LogP contribution in [0.25, 0.3) is 0 Å². The Morgan fingerprint density at radius 3 is 1.55 bits per heavy atom. The standard InChI is InChI=1S/C44H86NO7P/c1-6-8-10-12-14-16-18-20-21-22-23-24-25-27-29-31-33-35-37-44(46)52-43(42-51-53(47,48)50-40-38-45(3,4)5)41-49-39-36-34-32-30-28-26-19-17-15-13-11-9-7-2/h16,18,21-22,43H,6-15,17,19-20,23-42H2,1-5H3/p+1/b18-16-,22-21-. The summed E-state index contributed by atoms with van der Waals surface area (Å²) in [6, 6.07) is 0. The van der Waals surface area contributed by atoms with E-state index in [0.717, 1.165) is 44.9 Å². The first kappa shape index (κ1) is 52.0. The van der Waals surface area contributed by atoms with E-state index >= 15 is 0 Å². The van der Waals surface area contributed by atoms with E-state index < -0.39 is 13.9 Å². The lowest BCUT2D eigenvalue weighted by Gasteiger charge is -2.24. The summed E-state index contributed by atoms with van der Waals surface area (Å²) in [5.74, 6) is -0.319. The van der Waals surface area contributed by atoms with Gasteiger partial charge in [0.25, 0.3) is 0 Å². The first-order chi connectivity index (χ1) is 25.6. The third-order valence-electron chi connectivity index (χ3n) is 9.52. The van der Waals surface area contributed by atoms with Crippen molar-refractivity contribution in [2.24, 2.45) is 0 Å². The highest BCUT2D eigenvalue weighted by Crippen LogP contribution is 2.43. The molecule has 0 heterocycles. The number of carbonyl (C=O) groups excluding carboxylic acids is 1. The van der Waals surface area contributed by atoms with Crippen molar-refractivity contribution in [1.82, 2.24) is 0 Å². The van der Waals surface area contributed by atoms with Crippen LogP contribution in [-0.4, -0.2) is 75.6 Å². The lowest BCUT2D eigenvalue weighted by atomic mass is 10.0. The Labute approximate surface area is 328 Å². The summed E-state index contributed by atoms with van der Waals surface area (Å²) in [4.78, 5) is 22.9. The van der Waals surface area contributed by atoms with Crippen molar-refractivity contribution in [2.75, 3.05) is 54.1 Å². The van der Waals surface area contributed by atoms with E-state index in [9.17, 15) is 14.3 Å². The fourth-order valence-corrected chi connectivity index (χ4v) is 6.79. The third-order valence-corrected chi connectivity index (χ3v) is 10.5. The minimum Gasteiger partial charge on any atom is -0.457 e. The normalized spacial score (nSPS) is 14.0. The van der Waals surface area contributed by atoms with Crippen molar-refractivity contribution < 1.29 is 37.3 Å². The van der Waals surface area contributed by atoms with Crippen LogP contribution in [0.4, 0.5) is 0 Å². The number of unbranched alkanes of at least 4 members (excludes halogenated alkanes) is 23. The smallest absolute Gasteiger partial charge is 0.457 e. The molecule has 1 N–H and O–H groups in total. The van der Waals surface area contributed by atoms with E-state index in [1.807, 2.05) is 21.1 Å². The largest absolute Gasteiger partial charge is 0.472 e. The van der Waals surface area contributed by atoms with Gasteiger partial charge in [0, 0.05) is 13.0 Å². The molecule has 0 aliphatic rings. The molecule has 9 heteroatoms. The molecule has 0 rings (SSSR count). The average Bonchev–Trinajstić information content (AvgIpc) is 3.11. The van der Waals surface area contributed by atoms with Crippen molar-refractivity contribution in [3.8, 4) is 0 Å². The van der Waals surface area contributed by atoms with Gasteiger partial charge in [-0.05, 0) is 44.9 Å². The van der Waals surface area contributed by atoms with E-state index in [-0.39, 0.29) is 25.8 Å². The van der Waals surface area contributed by atoms with Crippen LogP contribution in [0.15, 0.2) is 24.3 Å². The highest BCUT2D eigenvalue weighted by atomic mass is 31.2. The molecule has 8 nitrogen and oxygen atoms in total. The Morgan fingerprint density at radius 2 is 1.04 bits per heavy atom. The van der Waals surface area contributed by atoms with Gasteiger partial charge in [0.1, 0.15) is 19.3 Å². The zero-order valence-corrected chi connectivity index (χ0v) is 36.4. The van der Waals surface area contributed by atoms with Crippen LogP contribution < -0.4 is 0 Å². The summed E-state index contributed by atoms with van der Waals surface area (Å²) >= 11 is 0. The number of hydrogen-bond acceptors (Lipinski definition) is 6. The second kappa shape index (κ2) is 37.9. The molecule has 0 amide bonds. The van der Waals surface area contributed by atoms with Gasteiger partial charge in [-0.3, -0.25) is 13.8 Å². The number of carbonyl (C=O) groups is 1. The molecule has 0 spiro atoms. The first-order valence-electron chi connectivity index (χ1n) is 22.1. The number of nitrogens with zero attached hydrogens (tertiary/aromatic N) is 1. The van der Waals surface area contributed by atoms with Crippen LogP contribution in [-0.2, 0) is 27.9 Å². The van der Waals surface area contributed by atoms with Crippen LogP contribution in [0.2, 0.25) is 0 Å². The fraction of sp³-hybridized carbons (Fsp3) is 0.886. The van der Waals surface area contributed by atoms with Crippen LogP contribution >= 0.6 is 7.82 Å². The third kappa shape index (κ3) is 42.0. The van der Waals surface area contributed by atoms with Gasteiger partial charge < -0.3 is 18.9 Å². The number of hydrogen-bond donors (Lipinski definition) is 1. The molecule has 0 aliphatic carbocycles. The highest BCUT2D eigenvalue weighted by Gasteiger charge is 2.26. The summed E-state index contributed by atoms with van der Waals surface area (Å²) in [6.07, 6.45) is 42.0. The van der Waals surface area contributed by atoms with E-state index in [0.29, 0.717) is 24.1 Å². The number of esters is 1. The fourth-order valence-electron chi connectivity index (χ4n) is 6.05. The van der Waals surface area contributed by atoms with Gasteiger partial charge in [0.05, 0.1) is 34.4 Å². The van der Waals surface area contributed by atoms with Crippen molar-refractivity contribution in [3.05, 3.63) is 24.3 Å². The van der Waals surface area contributed by atoms with Gasteiger partial charge in [-0.15, -0.1) is 0 Å². The SMILES string of the molecule is CCCCCC/C=C\C/C=C\CCCCCCCCCC(=O)OC(COCCCCCCCCCCCCCCC)COP(=O)(O)OCC[N+](C)(C)C. The van der Waals surface area contributed by atoms with Gasteiger partial charge in [-0.2, -0.15) is 0 Å². The minimum atomic E-state index is -4.27. The number of phosphoric ester groups is 1. The maximum Gasteiger partial charge on any atom is 0.472 e. The molecule has 53 heavy (non-hydrogen) atoms. The van der Waals surface area contributed by atoms with Crippen LogP contribution in [0, 0.1) is 0 Å². The maximum atomic E-state index is 12.7. The van der Waals surface area contributed by atoms with Crippen molar-refractivity contribution >= 4 is 13.8 Å². The maximum absolute atomic E-state index is 12.7. The van der Waals surface area contributed by atoms with Crippen molar-refractivity contribution in [1.29, 1.82) is 0 Å². The first-order valence-corrected chi connectivity index (χ1v) is 23.6. The summed E-state index contributed by atoms with van der Waals surface area (Å²) in [6.45, 7) is 5.62. The summed E-state index contributed by atoms with van der Waals surface area (Å²) in [5, 5.41) is 0. The number of allylic oxidation sites excluding steroid dienone is 4. The molecular formula is C44H87NO7P+. The van der Waals surface area contributed by atoms with E-state index in [1.54, 1.807) is 0 Å². The highest BCUT2D eigenvalue weighted by molar-refractivity contribution is 7.47. The number of quaternary nitrogens is 1. The Morgan fingerprint density at radius 1 is 0.585 bits per heavy atom. The lowest BCUT2D eigenvalue weighted by Crippen LogP contribution is -2.37. The lowest BCUT2D eigenvalue weighted by molar-refractivity contribution is -0.870. The molecule has 0 fully saturated rings. The van der Waals surface area contributed by atoms with Gasteiger partial charge >= 0.3 is 13.8 Å². The Kier molecular flexibility index (Phi) is 37.2. The average molecular weight is 773 g/mol. The Bertz CT molecular complexity index is 905. The molecule has 2 atom stereocenters. The zero-order chi connectivity index (χ0) is 39.1. The Balaban J connectivity index is 4.22. The van der Waals surface area contributed by atoms with Crippen LogP contribution in [0.5, 0.6) is 0 Å². The quantitative estimate of drug-likeness (QED) is 0.0217.